The van der Waals surface area contributed by atoms with E-state index in [1.54, 1.807) is 13.8 Å². The van der Waals surface area contributed by atoms with Crippen molar-refractivity contribution < 1.29 is 12.6 Å². The van der Waals surface area contributed by atoms with Crippen molar-refractivity contribution in [2.75, 3.05) is 0 Å². The fourth-order valence-corrected chi connectivity index (χ4v) is 1.56. The van der Waals surface area contributed by atoms with Gasteiger partial charge in [-0.3, -0.25) is 0 Å². The van der Waals surface area contributed by atoms with Gasteiger partial charge in [0.1, 0.15) is 5.75 Å². The molecule has 0 aliphatic heterocycles. The first kappa shape index (κ1) is 11.3. The van der Waals surface area contributed by atoms with Crippen LogP contribution in [0.5, 0.6) is 5.75 Å². The Kier molecular flexibility index (Phi) is 3.04. The number of aryl methyl sites for hydroxylation is 2. The lowest BCUT2D eigenvalue weighted by Gasteiger charge is -2.07. The second kappa shape index (κ2) is 3.76. The molecule has 0 spiro atoms. The molecule has 0 bridgehead atoms. The molecule has 14 heavy (non-hydrogen) atoms. The number of hydrogen-bond acceptors (Lipinski definition) is 3. The predicted molar refractivity (Wildman–Crippen MR) is 54.7 cm³/mol. The minimum Gasteiger partial charge on any atom is -0.371 e. The van der Waals surface area contributed by atoms with Crippen molar-refractivity contribution in [2.24, 2.45) is 5.14 Å². The third-order valence-electron chi connectivity index (χ3n) is 1.62. The van der Waals surface area contributed by atoms with Crippen molar-refractivity contribution in [2.45, 2.75) is 13.8 Å². The molecule has 4 nitrogen and oxygen atoms in total. The van der Waals surface area contributed by atoms with E-state index < -0.39 is 10.3 Å². The molecule has 0 aromatic heterocycles. The molecular formula is C8H10ClNO3S. The van der Waals surface area contributed by atoms with Crippen molar-refractivity contribution in [1.82, 2.24) is 0 Å². The monoisotopic (exact) mass is 235 g/mol. The van der Waals surface area contributed by atoms with Crippen LogP contribution in [0.3, 0.4) is 0 Å². The fourth-order valence-electron chi connectivity index (χ4n) is 1.09. The van der Waals surface area contributed by atoms with Gasteiger partial charge in [-0.2, -0.15) is 13.6 Å². The molecular weight excluding hydrogens is 226 g/mol. The highest BCUT2D eigenvalue weighted by atomic mass is 35.5. The molecule has 0 saturated heterocycles. The topological polar surface area (TPSA) is 69.4 Å². The van der Waals surface area contributed by atoms with Crippen LogP contribution in [0.15, 0.2) is 12.1 Å². The van der Waals surface area contributed by atoms with Crippen molar-refractivity contribution >= 4 is 21.9 Å². The first-order valence-corrected chi connectivity index (χ1v) is 5.63. The molecule has 0 amide bonds. The van der Waals surface area contributed by atoms with E-state index in [1.165, 1.54) is 12.1 Å². The molecule has 0 atom stereocenters. The molecule has 0 aliphatic rings. The van der Waals surface area contributed by atoms with Gasteiger partial charge in [0, 0.05) is 5.02 Å². The second-order valence-electron chi connectivity index (χ2n) is 2.95. The lowest BCUT2D eigenvalue weighted by atomic mass is 10.1. The Bertz CT molecular complexity index is 433. The maximum atomic E-state index is 10.6. The molecule has 0 radical (unpaired) electrons. The molecule has 6 heteroatoms. The van der Waals surface area contributed by atoms with E-state index in [9.17, 15) is 8.42 Å². The summed E-state index contributed by atoms with van der Waals surface area (Å²) in [5, 5.41) is 5.31. The van der Waals surface area contributed by atoms with E-state index >= 15 is 0 Å². The summed E-state index contributed by atoms with van der Waals surface area (Å²) in [5.74, 6) is 0.173. The summed E-state index contributed by atoms with van der Waals surface area (Å²) in [5.41, 5.74) is 1.48. The SMILES string of the molecule is Cc1cc(OS(N)(=O)=O)cc(C)c1Cl. The Morgan fingerprint density at radius 1 is 1.29 bits per heavy atom. The Balaban J connectivity index is 3.14. The van der Waals surface area contributed by atoms with E-state index in [2.05, 4.69) is 4.18 Å². The first-order chi connectivity index (χ1) is 6.29. The highest BCUT2D eigenvalue weighted by Gasteiger charge is 2.08. The molecule has 0 unspecified atom stereocenters. The number of rotatable bonds is 2. The fraction of sp³-hybridized carbons (Fsp3) is 0.250. The Hall–Kier alpha value is -0.780. The molecule has 1 aromatic carbocycles. The van der Waals surface area contributed by atoms with E-state index in [1.807, 2.05) is 0 Å². The van der Waals surface area contributed by atoms with Crippen LogP contribution >= 0.6 is 11.6 Å². The van der Waals surface area contributed by atoms with E-state index in [0.29, 0.717) is 5.02 Å². The normalized spacial score (nSPS) is 11.4. The van der Waals surface area contributed by atoms with Crippen LogP contribution in [0.25, 0.3) is 0 Å². The van der Waals surface area contributed by atoms with Crippen LogP contribution in [-0.4, -0.2) is 8.42 Å². The molecule has 1 rings (SSSR count). The van der Waals surface area contributed by atoms with Crippen LogP contribution in [-0.2, 0) is 10.3 Å². The van der Waals surface area contributed by atoms with Gasteiger partial charge in [-0.1, -0.05) is 11.6 Å². The van der Waals surface area contributed by atoms with Crippen LogP contribution in [0, 0.1) is 13.8 Å². The number of nitrogens with two attached hydrogens (primary N) is 1. The van der Waals surface area contributed by atoms with Crippen LogP contribution in [0.1, 0.15) is 11.1 Å². The lowest BCUT2D eigenvalue weighted by Crippen LogP contribution is -2.19. The Labute approximate surface area is 87.9 Å². The van der Waals surface area contributed by atoms with Crippen LogP contribution in [0.2, 0.25) is 5.02 Å². The summed E-state index contributed by atoms with van der Waals surface area (Å²) in [7, 11) is -3.97. The minimum absolute atomic E-state index is 0.173. The molecule has 0 aliphatic carbocycles. The Morgan fingerprint density at radius 3 is 2.07 bits per heavy atom. The van der Waals surface area contributed by atoms with E-state index in [0.717, 1.165) is 11.1 Å². The molecule has 1 aromatic rings. The summed E-state index contributed by atoms with van der Waals surface area (Å²) in [6.45, 7) is 3.51. The van der Waals surface area contributed by atoms with Crippen molar-refractivity contribution in [3.05, 3.63) is 28.3 Å². The molecule has 0 heterocycles. The van der Waals surface area contributed by atoms with E-state index in [-0.39, 0.29) is 5.75 Å². The average molecular weight is 236 g/mol. The van der Waals surface area contributed by atoms with Gasteiger partial charge >= 0.3 is 10.3 Å². The van der Waals surface area contributed by atoms with Gasteiger partial charge in [-0.25, -0.2) is 0 Å². The quantitative estimate of drug-likeness (QED) is 0.845. The molecule has 2 N–H and O–H groups in total. The standard InChI is InChI=1S/C8H10ClNO3S/c1-5-3-7(13-14(10,11)12)4-6(2)8(5)9/h3-4H,1-2H3,(H2,10,11,12). The molecule has 0 fully saturated rings. The van der Waals surface area contributed by atoms with Gasteiger partial charge in [0.2, 0.25) is 0 Å². The zero-order valence-electron chi connectivity index (χ0n) is 7.74. The van der Waals surface area contributed by atoms with Gasteiger partial charge in [0.15, 0.2) is 0 Å². The zero-order valence-corrected chi connectivity index (χ0v) is 9.32. The Morgan fingerprint density at radius 2 is 1.71 bits per heavy atom. The molecule has 0 saturated carbocycles. The third kappa shape index (κ3) is 2.87. The lowest BCUT2D eigenvalue weighted by molar-refractivity contribution is 0.487. The highest BCUT2D eigenvalue weighted by Crippen LogP contribution is 2.26. The van der Waals surface area contributed by atoms with Crippen molar-refractivity contribution in [3.8, 4) is 5.75 Å². The number of benzene rings is 1. The maximum Gasteiger partial charge on any atom is 0.380 e. The van der Waals surface area contributed by atoms with Gasteiger partial charge < -0.3 is 4.18 Å². The van der Waals surface area contributed by atoms with Gasteiger partial charge in [0.25, 0.3) is 0 Å². The van der Waals surface area contributed by atoms with Gasteiger partial charge in [-0.05, 0) is 37.1 Å². The minimum atomic E-state index is -3.97. The second-order valence-corrected chi connectivity index (χ2v) is 4.48. The largest absolute Gasteiger partial charge is 0.380 e. The van der Waals surface area contributed by atoms with Crippen molar-refractivity contribution in [3.63, 3.8) is 0 Å². The summed E-state index contributed by atoms with van der Waals surface area (Å²) in [4.78, 5) is 0. The van der Waals surface area contributed by atoms with Crippen molar-refractivity contribution in [1.29, 1.82) is 0 Å². The van der Waals surface area contributed by atoms with Crippen LogP contribution < -0.4 is 9.32 Å². The summed E-state index contributed by atoms with van der Waals surface area (Å²) in [6.07, 6.45) is 0. The van der Waals surface area contributed by atoms with Gasteiger partial charge in [-0.15, -0.1) is 0 Å². The third-order valence-corrected chi connectivity index (χ3v) is 2.64. The smallest absolute Gasteiger partial charge is 0.371 e. The first-order valence-electron chi connectivity index (χ1n) is 3.78. The van der Waals surface area contributed by atoms with E-state index in [4.69, 9.17) is 16.7 Å². The van der Waals surface area contributed by atoms with Gasteiger partial charge in [0.05, 0.1) is 0 Å². The summed E-state index contributed by atoms with van der Waals surface area (Å²) < 4.78 is 25.8. The maximum absolute atomic E-state index is 10.6. The number of hydrogen-bond donors (Lipinski definition) is 1. The average Bonchev–Trinajstić information content (AvgIpc) is 1.96. The highest BCUT2D eigenvalue weighted by molar-refractivity contribution is 7.84. The molecule has 78 valence electrons. The predicted octanol–water partition coefficient (Wildman–Crippen LogP) is 1.54. The zero-order chi connectivity index (χ0) is 10.9. The summed E-state index contributed by atoms with van der Waals surface area (Å²) >= 11 is 5.88. The number of halogens is 1. The summed E-state index contributed by atoms with van der Waals surface area (Å²) in [6, 6.07) is 3.03. The van der Waals surface area contributed by atoms with Crippen LogP contribution in [0.4, 0.5) is 0 Å².